The molecule has 3 amide bonds. The number of nitrogens with two attached hydrogens (primary N) is 1. The number of β-amino-alcohol motifs (C(OH)–C–C–N with tert-alkyl or cyclic N) is 1. The number of aryl methyl sites for hydroxylation is 1. The third kappa shape index (κ3) is 7.57. The Balaban J connectivity index is 1.65. The summed E-state index contributed by atoms with van der Waals surface area (Å²) in [6.45, 7) is 8.06. The number of aliphatic hydroxyl groups excluding tert-OH is 1. The molecule has 1 saturated heterocycles. The lowest BCUT2D eigenvalue weighted by Gasteiger charge is -2.35. The Morgan fingerprint density at radius 3 is 2.57 bits per heavy atom. The van der Waals surface area contributed by atoms with Crippen molar-refractivity contribution in [3.05, 3.63) is 41.0 Å². The van der Waals surface area contributed by atoms with Crippen LogP contribution in [0.15, 0.2) is 29.8 Å². The van der Waals surface area contributed by atoms with Gasteiger partial charge in [-0.25, -0.2) is 4.98 Å². The van der Waals surface area contributed by atoms with Gasteiger partial charge in [0, 0.05) is 26.1 Å². The van der Waals surface area contributed by atoms with E-state index in [1.54, 1.807) is 11.3 Å². The normalized spacial score (nSPS) is 18.5. The highest BCUT2D eigenvalue weighted by atomic mass is 32.1. The molecule has 0 bridgehead atoms. The third-order valence-electron chi connectivity index (χ3n) is 6.21. The molecule has 11 heteroatoms. The topological polar surface area (TPSA) is 147 Å². The van der Waals surface area contributed by atoms with E-state index in [-0.39, 0.29) is 45.2 Å². The van der Waals surface area contributed by atoms with Crippen LogP contribution in [0.4, 0.5) is 0 Å². The lowest BCUT2D eigenvalue weighted by molar-refractivity contribution is -0.144. The summed E-state index contributed by atoms with van der Waals surface area (Å²) in [7, 11) is 0. The smallest absolute Gasteiger partial charge is 0.246 e. The molecule has 2 aromatic rings. The second-order valence-corrected chi connectivity index (χ2v) is 11.1. The molecule has 1 fully saturated rings. The molecule has 1 aliphatic heterocycles. The van der Waals surface area contributed by atoms with Gasteiger partial charge in [0.05, 0.1) is 28.8 Å². The summed E-state index contributed by atoms with van der Waals surface area (Å²) >= 11 is 1.58. The van der Waals surface area contributed by atoms with Gasteiger partial charge in [-0.2, -0.15) is 0 Å². The molecule has 5 N–H and O–H groups in total. The molecule has 10 nitrogen and oxygen atoms in total. The molecular formula is C26H37N5O5S. The Hall–Kier alpha value is -2.86. The van der Waals surface area contributed by atoms with Crippen molar-refractivity contribution >= 4 is 29.1 Å². The van der Waals surface area contributed by atoms with E-state index in [1.165, 1.54) is 4.90 Å². The Morgan fingerprint density at radius 2 is 1.97 bits per heavy atom. The SMILES string of the molecule is Cc1ncsc1-c1ccc(CNC(=O)C2CC(O)CN2C(=O)[C@@H](NC(=O)COCCN)C(C)(C)C)cc1. The minimum atomic E-state index is -0.898. The van der Waals surface area contributed by atoms with E-state index in [0.717, 1.165) is 21.7 Å². The van der Waals surface area contributed by atoms with Crippen molar-refractivity contribution in [2.45, 2.75) is 58.8 Å². The van der Waals surface area contributed by atoms with Gasteiger partial charge < -0.3 is 31.1 Å². The first-order valence-electron chi connectivity index (χ1n) is 12.3. The number of carbonyl (C=O) groups excluding carboxylic acids is 3. The quantitative estimate of drug-likeness (QED) is 0.337. The largest absolute Gasteiger partial charge is 0.391 e. The van der Waals surface area contributed by atoms with E-state index in [4.69, 9.17) is 10.5 Å². The Morgan fingerprint density at radius 1 is 1.27 bits per heavy atom. The molecule has 0 spiro atoms. The van der Waals surface area contributed by atoms with E-state index in [9.17, 15) is 19.5 Å². The van der Waals surface area contributed by atoms with Crippen molar-refractivity contribution in [2.24, 2.45) is 11.1 Å². The number of carbonyl (C=O) groups is 3. The van der Waals surface area contributed by atoms with Crippen molar-refractivity contribution in [3.63, 3.8) is 0 Å². The number of aliphatic hydroxyl groups is 1. The Kier molecular flexibility index (Phi) is 9.77. The summed E-state index contributed by atoms with van der Waals surface area (Å²) in [4.78, 5) is 45.8. The molecule has 0 aliphatic carbocycles. The van der Waals surface area contributed by atoms with E-state index in [1.807, 2.05) is 57.5 Å². The van der Waals surface area contributed by atoms with Crippen molar-refractivity contribution in [1.82, 2.24) is 20.5 Å². The molecule has 3 rings (SSSR count). The summed E-state index contributed by atoms with van der Waals surface area (Å²) in [5.41, 5.74) is 9.52. The first kappa shape index (κ1) is 28.7. The number of likely N-dealkylation sites (tertiary alicyclic amines) is 1. The maximum Gasteiger partial charge on any atom is 0.246 e. The first-order valence-corrected chi connectivity index (χ1v) is 13.2. The fourth-order valence-corrected chi connectivity index (χ4v) is 5.04. The van der Waals surface area contributed by atoms with Crippen LogP contribution in [0.1, 0.15) is 38.4 Å². The third-order valence-corrected chi connectivity index (χ3v) is 7.18. The van der Waals surface area contributed by atoms with E-state index in [0.29, 0.717) is 0 Å². The second-order valence-electron chi connectivity index (χ2n) is 10.3. The zero-order valence-electron chi connectivity index (χ0n) is 21.8. The van der Waals surface area contributed by atoms with Crippen LogP contribution in [0, 0.1) is 12.3 Å². The number of hydrogen-bond acceptors (Lipinski definition) is 8. The monoisotopic (exact) mass is 531 g/mol. The van der Waals surface area contributed by atoms with Crippen LogP contribution in [0.3, 0.4) is 0 Å². The standard InChI is InChI=1S/C26H37N5O5S/c1-16-22(37-15-29-16)18-7-5-17(6-8-18)12-28-24(34)20-11-19(32)13-31(20)25(35)23(26(2,3)4)30-21(33)14-36-10-9-27/h5-8,15,19-20,23,32H,9-14,27H2,1-4H3,(H,28,34)(H,30,33)/t19?,20?,23-/m1/s1. The summed E-state index contributed by atoms with van der Waals surface area (Å²) in [6.07, 6.45) is -0.697. The number of thiazole rings is 1. The number of amides is 3. The predicted octanol–water partition coefficient (Wildman–Crippen LogP) is 1.20. The predicted molar refractivity (Wildman–Crippen MR) is 142 cm³/mol. The first-order chi connectivity index (χ1) is 17.5. The molecule has 2 unspecified atom stereocenters. The van der Waals surface area contributed by atoms with Gasteiger partial charge in [-0.1, -0.05) is 45.0 Å². The number of ether oxygens (including phenoxy) is 1. The molecule has 3 atom stereocenters. The average molecular weight is 532 g/mol. The van der Waals surface area contributed by atoms with Crippen LogP contribution in [0.25, 0.3) is 10.4 Å². The molecule has 0 saturated carbocycles. The van der Waals surface area contributed by atoms with Gasteiger partial charge in [-0.05, 0) is 23.5 Å². The summed E-state index contributed by atoms with van der Waals surface area (Å²) in [6, 6.07) is 6.13. The van der Waals surface area contributed by atoms with Crippen molar-refractivity contribution in [1.29, 1.82) is 0 Å². The molecule has 2 heterocycles. The molecule has 37 heavy (non-hydrogen) atoms. The van der Waals surface area contributed by atoms with E-state index in [2.05, 4.69) is 15.6 Å². The van der Waals surface area contributed by atoms with Crippen molar-refractivity contribution in [2.75, 3.05) is 26.3 Å². The van der Waals surface area contributed by atoms with Gasteiger partial charge >= 0.3 is 0 Å². The van der Waals surface area contributed by atoms with Gasteiger partial charge in [0.1, 0.15) is 18.7 Å². The van der Waals surface area contributed by atoms with Crippen LogP contribution >= 0.6 is 11.3 Å². The summed E-state index contributed by atoms with van der Waals surface area (Å²) < 4.78 is 5.18. The maximum atomic E-state index is 13.5. The zero-order valence-corrected chi connectivity index (χ0v) is 22.6. The van der Waals surface area contributed by atoms with Gasteiger partial charge in [0.15, 0.2) is 0 Å². The number of hydrogen-bond donors (Lipinski definition) is 4. The molecule has 1 aromatic heterocycles. The second kappa shape index (κ2) is 12.6. The highest BCUT2D eigenvalue weighted by Gasteiger charge is 2.44. The van der Waals surface area contributed by atoms with Gasteiger partial charge in [0.25, 0.3) is 0 Å². The molecular weight excluding hydrogens is 494 g/mol. The van der Waals surface area contributed by atoms with E-state index < -0.39 is 35.4 Å². The van der Waals surface area contributed by atoms with Gasteiger partial charge in [0.2, 0.25) is 17.7 Å². The van der Waals surface area contributed by atoms with E-state index >= 15 is 0 Å². The lowest BCUT2D eigenvalue weighted by atomic mass is 9.85. The number of nitrogens with one attached hydrogen (secondary N) is 2. The number of nitrogens with zero attached hydrogens (tertiary/aromatic N) is 2. The van der Waals surface area contributed by atoms with Gasteiger partial charge in [-0.15, -0.1) is 11.3 Å². The van der Waals surface area contributed by atoms with Crippen molar-refractivity contribution in [3.8, 4) is 10.4 Å². The minimum absolute atomic E-state index is 0.0198. The fourth-order valence-electron chi connectivity index (χ4n) is 4.23. The molecule has 0 radical (unpaired) electrons. The highest BCUT2D eigenvalue weighted by Crippen LogP contribution is 2.28. The molecule has 202 valence electrons. The molecule has 1 aromatic carbocycles. The van der Waals surface area contributed by atoms with Crippen LogP contribution in [-0.4, -0.2) is 77.2 Å². The summed E-state index contributed by atoms with van der Waals surface area (Å²) in [5, 5.41) is 15.9. The van der Waals surface area contributed by atoms with Crippen molar-refractivity contribution < 1.29 is 24.2 Å². The van der Waals surface area contributed by atoms with Crippen LogP contribution in [0.5, 0.6) is 0 Å². The zero-order chi connectivity index (χ0) is 27.2. The minimum Gasteiger partial charge on any atom is -0.391 e. The average Bonchev–Trinajstić information content (AvgIpc) is 3.46. The van der Waals surface area contributed by atoms with Crippen LogP contribution in [-0.2, 0) is 25.7 Å². The lowest BCUT2D eigenvalue weighted by Crippen LogP contribution is -2.58. The fraction of sp³-hybridized carbons (Fsp3) is 0.538. The Labute approximate surface area is 221 Å². The maximum absolute atomic E-state index is 13.5. The molecule has 1 aliphatic rings. The van der Waals surface area contributed by atoms with Crippen LogP contribution in [0.2, 0.25) is 0 Å². The summed E-state index contributed by atoms with van der Waals surface area (Å²) in [5.74, 6) is -1.21. The van der Waals surface area contributed by atoms with Crippen LogP contribution < -0.4 is 16.4 Å². The number of rotatable bonds is 10. The van der Waals surface area contributed by atoms with Gasteiger partial charge in [-0.3, -0.25) is 14.4 Å². The Bertz CT molecular complexity index is 1080. The number of aromatic nitrogens is 1. The highest BCUT2D eigenvalue weighted by molar-refractivity contribution is 7.13. The number of benzene rings is 1.